The minimum Gasteiger partial charge on any atom is -0.294 e. The lowest BCUT2D eigenvalue weighted by atomic mass is 10.0. The summed E-state index contributed by atoms with van der Waals surface area (Å²) in [6, 6.07) is 15.5. The summed E-state index contributed by atoms with van der Waals surface area (Å²) < 4.78 is 0. The molecule has 0 fully saturated rings. The van der Waals surface area contributed by atoms with Crippen LogP contribution in [0, 0.1) is 13.8 Å². The van der Waals surface area contributed by atoms with E-state index in [0.29, 0.717) is 12.0 Å². The Kier molecular flexibility index (Phi) is 3.48. The molecule has 0 saturated carbocycles. The van der Waals surface area contributed by atoms with E-state index in [1.54, 1.807) is 0 Å². The van der Waals surface area contributed by atoms with Gasteiger partial charge < -0.3 is 0 Å². The van der Waals surface area contributed by atoms with Crippen molar-refractivity contribution in [1.82, 2.24) is 9.97 Å². The lowest BCUT2D eigenvalue weighted by molar-refractivity contribution is 0.0991. The van der Waals surface area contributed by atoms with Gasteiger partial charge in [0, 0.05) is 28.0 Å². The normalized spacial score (nSPS) is 10.8. The van der Waals surface area contributed by atoms with Crippen molar-refractivity contribution in [3.05, 3.63) is 71.2 Å². The van der Waals surface area contributed by atoms with Gasteiger partial charge in [0.2, 0.25) is 0 Å². The molecule has 2 heterocycles. The molecule has 0 N–H and O–H groups in total. The fraction of sp³-hybridized carbons (Fsp3) is 0.167. The standard InChI is InChI=1S/C18H16N2O/c1-12-7-10-16(13(2)19-12)18(21)11-15-9-8-14-5-3-4-6-17(14)20-15/h3-10H,11H2,1-2H3. The summed E-state index contributed by atoms with van der Waals surface area (Å²) in [5.74, 6) is 0.0581. The predicted octanol–water partition coefficient (Wildman–Crippen LogP) is 3.67. The van der Waals surface area contributed by atoms with Gasteiger partial charge in [0.15, 0.2) is 5.78 Å². The maximum Gasteiger partial charge on any atom is 0.170 e. The Bertz CT molecular complexity index is 824. The molecular formula is C18H16N2O. The molecule has 104 valence electrons. The number of rotatable bonds is 3. The van der Waals surface area contributed by atoms with Gasteiger partial charge in [-0.25, -0.2) is 0 Å². The number of aromatic nitrogens is 2. The van der Waals surface area contributed by atoms with E-state index in [2.05, 4.69) is 9.97 Å². The number of para-hydroxylation sites is 1. The average Bonchev–Trinajstić information content (AvgIpc) is 2.47. The molecule has 0 aliphatic carbocycles. The lowest BCUT2D eigenvalue weighted by Crippen LogP contribution is -2.08. The molecule has 3 aromatic rings. The maximum absolute atomic E-state index is 12.4. The minimum absolute atomic E-state index is 0.0581. The first kappa shape index (κ1) is 13.4. The molecule has 3 heteroatoms. The summed E-state index contributed by atoms with van der Waals surface area (Å²) in [7, 11) is 0. The zero-order valence-corrected chi connectivity index (χ0v) is 12.1. The third kappa shape index (κ3) is 2.82. The Morgan fingerprint density at radius 1 is 0.952 bits per heavy atom. The quantitative estimate of drug-likeness (QED) is 0.685. The molecule has 0 bridgehead atoms. The van der Waals surface area contributed by atoms with E-state index >= 15 is 0 Å². The van der Waals surface area contributed by atoms with Crippen LogP contribution in [0.5, 0.6) is 0 Å². The van der Waals surface area contributed by atoms with E-state index in [9.17, 15) is 4.79 Å². The van der Waals surface area contributed by atoms with Gasteiger partial charge in [-0.05, 0) is 38.1 Å². The highest BCUT2D eigenvalue weighted by Gasteiger charge is 2.12. The van der Waals surface area contributed by atoms with Crippen molar-refractivity contribution in [1.29, 1.82) is 0 Å². The maximum atomic E-state index is 12.4. The fourth-order valence-electron chi connectivity index (χ4n) is 2.45. The number of hydrogen-bond donors (Lipinski definition) is 0. The summed E-state index contributed by atoms with van der Waals surface area (Å²) in [4.78, 5) is 21.3. The van der Waals surface area contributed by atoms with Gasteiger partial charge in [0.05, 0.1) is 11.9 Å². The van der Waals surface area contributed by atoms with Gasteiger partial charge in [0.25, 0.3) is 0 Å². The topological polar surface area (TPSA) is 42.9 Å². The molecule has 0 unspecified atom stereocenters. The van der Waals surface area contributed by atoms with E-state index in [1.807, 2.05) is 62.4 Å². The smallest absolute Gasteiger partial charge is 0.170 e. The Morgan fingerprint density at radius 3 is 2.57 bits per heavy atom. The third-order valence-corrected chi connectivity index (χ3v) is 3.52. The van der Waals surface area contributed by atoms with Crippen molar-refractivity contribution in [2.45, 2.75) is 20.3 Å². The van der Waals surface area contributed by atoms with Gasteiger partial charge in [-0.15, -0.1) is 0 Å². The van der Waals surface area contributed by atoms with E-state index in [-0.39, 0.29) is 5.78 Å². The summed E-state index contributed by atoms with van der Waals surface area (Å²) in [6.45, 7) is 3.79. The van der Waals surface area contributed by atoms with Crippen molar-refractivity contribution in [2.24, 2.45) is 0 Å². The average molecular weight is 276 g/mol. The van der Waals surface area contributed by atoms with Crippen LogP contribution in [0.25, 0.3) is 10.9 Å². The van der Waals surface area contributed by atoms with Gasteiger partial charge in [-0.3, -0.25) is 14.8 Å². The molecule has 0 atom stereocenters. The minimum atomic E-state index is 0.0581. The Labute approximate surface area is 123 Å². The molecule has 0 radical (unpaired) electrons. The van der Waals surface area contributed by atoms with Gasteiger partial charge in [-0.1, -0.05) is 24.3 Å². The Balaban J connectivity index is 1.89. The SMILES string of the molecule is Cc1ccc(C(=O)Cc2ccc3ccccc3n2)c(C)n1. The molecular weight excluding hydrogens is 260 g/mol. The fourth-order valence-corrected chi connectivity index (χ4v) is 2.45. The molecule has 0 aliphatic rings. The largest absolute Gasteiger partial charge is 0.294 e. The van der Waals surface area contributed by atoms with Crippen LogP contribution in [-0.2, 0) is 6.42 Å². The predicted molar refractivity (Wildman–Crippen MR) is 83.5 cm³/mol. The highest BCUT2D eigenvalue weighted by Crippen LogP contribution is 2.14. The number of nitrogens with zero attached hydrogens (tertiary/aromatic N) is 2. The highest BCUT2D eigenvalue weighted by atomic mass is 16.1. The Morgan fingerprint density at radius 2 is 1.76 bits per heavy atom. The van der Waals surface area contributed by atoms with Crippen LogP contribution in [0.1, 0.15) is 27.4 Å². The second-order valence-electron chi connectivity index (χ2n) is 5.18. The number of aryl methyl sites for hydroxylation is 2. The van der Waals surface area contributed by atoms with Crippen LogP contribution in [0.15, 0.2) is 48.5 Å². The second kappa shape index (κ2) is 5.44. The third-order valence-electron chi connectivity index (χ3n) is 3.52. The first-order chi connectivity index (χ1) is 10.1. The van der Waals surface area contributed by atoms with E-state index in [4.69, 9.17) is 0 Å². The molecule has 0 saturated heterocycles. The first-order valence-electron chi connectivity index (χ1n) is 6.95. The van der Waals surface area contributed by atoms with Crippen LogP contribution in [-0.4, -0.2) is 15.8 Å². The number of ketones is 1. The van der Waals surface area contributed by atoms with Crippen LogP contribution in [0.4, 0.5) is 0 Å². The number of benzene rings is 1. The van der Waals surface area contributed by atoms with Crippen molar-refractivity contribution in [3.63, 3.8) is 0 Å². The number of carbonyl (C=O) groups excluding carboxylic acids is 1. The lowest BCUT2D eigenvalue weighted by Gasteiger charge is -2.06. The van der Waals surface area contributed by atoms with Crippen LogP contribution < -0.4 is 0 Å². The van der Waals surface area contributed by atoms with Crippen molar-refractivity contribution < 1.29 is 4.79 Å². The zero-order valence-electron chi connectivity index (χ0n) is 12.1. The molecule has 0 aliphatic heterocycles. The molecule has 2 aromatic heterocycles. The zero-order chi connectivity index (χ0) is 14.8. The van der Waals surface area contributed by atoms with E-state index < -0.39 is 0 Å². The van der Waals surface area contributed by atoms with Crippen LogP contribution in [0.2, 0.25) is 0 Å². The van der Waals surface area contributed by atoms with Gasteiger partial charge >= 0.3 is 0 Å². The van der Waals surface area contributed by atoms with Gasteiger partial charge in [0.1, 0.15) is 0 Å². The van der Waals surface area contributed by atoms with Gasteiger partial charge in [-0.2, -0.15) is 0 Å². The summed E-state index contributed by atoms with van der Waals surface area (Å²) >= 11 is 0. The summed E-state index contributed by atoms with van der Waals surface area (Å²) in [5.41, 5.74) is 4.09. The number of pyridine rings is 2. The summed E-state index contributed by atoms with van der Waals surface area (Å²) in [6.07, 6.45) is 0.302. The van der Waals surface area contributed by atoms with Crippen LogP contribution >= 0.6 is 0 Å². The Hall–Kier alpha value is -2.55. The molecule has 0 amide bonds. The van der Waals surface area contributed by atoms with E-state index in [0.717, 1.165) is 28.0 Å². The molecule has 21 heavy (non-hydrogen) atoms. The number of hydrogen-bond acceptors (Lipinski definition) is 3. The van der Waals surface area contributed by atoms with Crippen molar-refractivity contribution in [2.75, 3.05) is 0 Å². The van der Waals surface area contributed by atoms with Crippen LogP contribution in [0.3, 0.4) is 0 Å². The molecule has 1 aromatic carbocycles. The highest BCUT2D eigenvalue weighted by molar-refractivity contribution is 5.98. The van der Waals surface area contributed by atoms with E-state index in [1.165, 1.54) is 0 Å². The first-order valence-corrected chi connectivity index (χ1v) is 6.95. The number of Topliss-reactive ketones (excluding diaryl/α,β-unsaturated/α-hetero) is 1. The monoisotopic (exact) mass is 276 g/mol. The molecule has 3 rings (SSSR count). The molecule has 0 spiro atoms. The van der Waals surface area contributed by atoms with Crippen molar-refractivity contribution >= 4 is 16.7 Å². The second-order valence-corrected chi connectivity index (χ2v) is 5.18. The number of carbonyl (C=O) groups is 1. The number of fused-ring (bicyclic) bond motifs is 1. The summed E-state index contributed by atoms with van der Waals surface area (Å²) in [5, 5.41) is 1.09. The molecule has 3 nitrogen and oxygen atoms in total. The van der Waals surface area contributed by atoms with Crippen molar-refractivity contribution in [3.8, 4) is 0 Å².